The fraction of sp³-hybridized carbons (Fsp3) is 0.118. The first-order valence-electron chi connectivity index (χ1n) is 7.72. The molecule has 0 aliphatic rings. The molecule has 8 nitrogen and oxygen atoms in total. The van der Waals surface area contributed by atoms with Crippen LogP contribution in [0.5, 0.6) is 11.6 Å². The summed E-state index contributed by atoms with van der Waals surface area (Å²) in [5, 5.41) is 8.08. The lowest BCUT2D eigenvalue weighted by Gasteiger charge is -2.06. The van der Waals surface area contributed by atoms with E-state index in [2.05, 4.69) is 25.2 Å². The highest BCUT2D eigenvalue weighted by atomic mass is 16.5. The molecule has 0 aliphatic carbocycles. The van der Waals surface area contributed by atoms with E-state index in [1.165, 1.54) is 6.33 Å². The van der Waals surface area contributed by atoms with Crippen molar-refractivity contribution in [3.8, 4) is 23.0 Å². The SMILES string of the molecule is c1ccc(Oc2ncccc2-c2noc(CCn3cncn3)n2)cc1. The second-order valence-corrected chi connectivity index (χ2v) is 5.19. The van der Waals surface area contributed by atoms with Gasteiger partial charge in [-0.05, 0) is 24.3 Å². The minimum atomic E-state index is 0.428. The van der Waals surface area contributed by atoms with Crippen LogP contribution in [-0.2, 0) is 13.0 Å². The van der Waals surface area contributed by atoms with Crippen molar-refractivity contribution in [3.63, 3.8) is 0 Å². The molecule has 4 rings (SSSR count). The Morgan fingerprint density at radius 2 is 2.00 bits per heavy atom. The van der Waals surface area contributed by atoms with E-state index in [4.69, 9.17) is 9.26 Å². The predicted octanol–water partition coefficient (Wildman–Crippen LogP) is 2.76. The third kappa shape index (κ3) is 3.52. The summed E-state index contributed by atoms with van der Waals surface area (Å²) < 4.78 is 12.9. The van der Waals surface area contributed by atoms with Gasteiger partial charge in [0.1, 0.15) is 18.4 Å². The molecule has 8 heteroatoms. The molecule has 0 unspecified atom stereocenters. The number of aromatic nitrogens is 6. The van der Waals surface area contributed by atoms with Crippen LogP contribution in [0.15, 0.2) is 65.8 Å². The van der Waals surface area contributed by atoms with Crippen LogP contribution in [0.2, 0.25) is 0 Å². The molecule has 124 valence electrons. The van der Waals surface area contributed by atoms with Crippen LogP contribution >= 0.6 is 0 Å². The highest BCUT2D eigenvalue weighted by Crippen LogP contribution is 2.29. The van der Waals surface area contributed by atoms with Crippen LogP contribution < -0.4 is 4.74 Å². The number of nitrogens with zero attached hydrogens (tertiary/aromatic N) is 6. The highest BCUT2D eigenvalue weighted by Gasteiger charge is 2.15. The molecule has 4 aromatic rings. The first-order chi connectivity index (χ1) is 12.4. The quantitative estimate of drug-likeness (QED) is 0.535. The van der Waals surface area contributed by atoms with Gasteiger partial charge in [0, 0.05) is 12.6 Å². The minimum absolute atomic E-state index is 0.428. The number of hydrogen-bond acceptors (Lipinski definition) is 7. The Bertz CT molecular complexity index is 937. The fourth-order valence-electron chi connectivity index (χ4n) is 2.27. The summed E-state index contributed by atoms with van der Waals surface area (Å²) >= 11 is 0. The number of benzene rings is 1. The number of hydrogen-bond donors (Lipinski definition) is 0. The van der Waals surface area contributed by atoms with Crippen LogP contribution in [0, 0.1) is 0 Å². The van der Waals surface area contributed by atoms with Gasteiger partial charge in [-0.25, -0.2) is 9.97 Å². The molecule has 3 heterocycles. The summed E-state index contributed by atoms with van der Waals surface area (Å²) in [4.78, 5) is 12.6. The number of para-hydroxylation sites is 1. The lowest BCUT2D eigenvalue weighted by Crippen LogP contribution is -2.01. The normalized spacial score (nSPS) is 10.7. The van der Waals surface area contributed by atoms with Gasteiger partial charge in [0.25, 0.3) is 0 Å². The van der Waals surface area contributed by atoms with Crippen molar-refractivity contribution in [3.05, 3.63) is 67.2 Å². The summed E-state index contributed by atoms with van der Waals surface area (Å²) in [7, 11) is 0. The Hall–Kier alpha value is -3.55. The van der Waals surface area contributed by atoms with Crippen LogP contribution in [0.1, 0.15) is 5.89 Å². The smallest absolute Gasteiger partial charge is 0.230 e. The topological polar surface area (TPSA) is 91.8 Å². The molecule has 0 aliphatic heterocycles. The van der Waals surface area contributed by atoms with E-state index >= 15 is 0 Å². The second-order valence-electron chi connectivity index (χ2n) is 5.19. The third-order valence-corrected chi connectivity index (χ3v) is 3.46. The van der Waals surface area contributed by atoms with Gasteiger partial charge >= 0.3 is 0 Å². The standard InChI is InChI=1S/C17H14N6O2/c1-2-5-13(6-3-1)24-17-14(7-4-9-19-17)16-21-15(25-22-16)8-10-23-12-18-11-20-23/h1-7,9,11-12H,8,10H2. The van der Waals surface area contributed by atoms with E-state index < -0.39 is 0 Å². The van der Waals surface area contributed by atoms with Crippen molar-refractivity contribution in [1.29, 1.82) is 0 Å². The fourth-order valence-corrected chi connectivity index (χ4v) is 2.27. The Morgan fingerprint density at radius 1 is 1.08 bits per heavy atom. The zero-order chi connectivity index (χ0) is 16.9. The van der Waals surface area contributed by atoms with Crippen molar-refractivity contribution < 1.29 is 9.26 Å². The van der Waals surface area contributed by atoms with Gasteiger partial charge in [-0.3, -0.25) is 4.68 Å². The predicted molar refractivity (Wildman–Crippen MR) is 87.8 cm³/mol. The first kappa shape index (κ1) is 15.0. The Balaban J connectivity index is 1.54. The van der Waals surface area contributed by atoms with Gasteiger partial charge in [0.2, 0.25) is 17.6 Å². The summed E-state index contributed by atoms with van der Waals surface area (Å²) in [6.07, 6.45) is 5.35. The lowest BCUT2D eigenvalue weighted by molar-refractivity contribution is 0.369. The molecule has 0 atom stereocenters. The molecular formula is C17H14N6O2. The van der Waals surface area contributed by atoms with Crippen LogP contribution in [0.25, 0.3) is 11.4 Å². The van der Waals surface area contributed by atoms with Gasteiger partial charge in [-0.1, -0.05) is 23.4 Å². The average molecular weight is 334 g/mol. The molecule has 25 heavy (non-hydrogen) atoms. The largest absolute Gasteiger partial charge is 0.438 e. The lowest BCUT2D eigenvalue weighted by atomic mass is 10.2. The number of aryl methyl sites for hydroxylation is 2. The molecule has 0 spiro atoms. The van der Waals surface area contributed by atoms with Crippen molar-refractivity contribution in [1.82, 2.24) is 29.9 Å². The molecule has 0 bridgehead atoms. The zero-order valence-electron chi connectivity index (χ0n) is 13.2. The molecule has 0 radical (unpaired) electrons. The molecule has 0 fully saturated rings. The summed E-state index contributed by atoms with van der Waals surface area (Å²) in [6.45, 7) is 0.613. The van der Waals surface area contributed by atoms with Crippen molar-refractivity contribution in [2.75, 3.05) is 0 Å². The molecule has 0 amide bonds. The van der Waals surface area contributed by atoms with Crippen LogP contribution in [-0.4, -0.2) is 29.9 Å². The number of pyridine rings is 1. The number of ether oxygens (including phenoxy) is 1. The minimum Gasteiger partial charge on any atom is -0.438 e. The molecule has 0 saturated carbocycles. The van der Waals surface area contributed by atoms with E-state index in [9.17, 15) is 0 Å². The maximum Gasteiger partial charge on any atom is 0.230 e. The monoisotopic (exact) mass is 334 g/mol. The Kier molecular flexibility index (Phi) is 4.15. The van der Waals surface area contributed by atoms with E-state index in [0.29, 0.717) is 41.9 Å². The molecule has 0 saturated heterocycles. The molecule has 1 aromatic carbocycles. The van der Waals surface area contributed by atoms with E-state index in [1.54, 1.807) is 23.3 Å². The van der Waals surface area contributed by atoms with Gasteiger partial charge in [-0.15, -0.1) is 0 Å². The second kappa shape index (κ2) is 6.91. The summed E-state index contributed by atoms with van der Waals surface area (Å²) in [5.41, 5.74) is 0.669. The first-order valence-corrected chi connectivity index (χ1v) is 7.72. The van der Waals surface area contributed by atoms with Gasteiger partial charge in [-0.2, -0.15) is 10.1 Å². The maximum absolute atomic E-state index is 5.84. The van der Waals surface area contributed by atoms with E-state index in [1.807, 2.05) is 36.4 Å². The maximum atomic E-state index is 5.84. The van der Waals surface area contributed by atoms with E-state index in [0.717, 1.165) is 0 Å². The third-order valence-electron chi connectivity index (χ3n) is 3.46. The van der Waals surface area contributed by atoms with Gasteiger partial charge in [0.15, 0.2) is 0 Å². The van der Waals surface area contributed by atoms with Crippen molar-refractivity contribution in [2.45, 2.75) is 13.0 Å². The van der Waals surface area contributed by atoms with Gasteiger partial charge < -0.3 is 9.26 Å². The summed E-state index contributed by atoms with van der Waals surface area (Å²) in [6, 6.07) is 13.1. The van der Waals surface area contributed by atoms with Crippen LogP contribution in [0.3, 0.4) is 0 Å². The average Bonchev–Trinajstić information content (AvgIpc) is 3.33. The van der Waals surface area contributed by atoms with Gasteiger partial charge in [0.05, 0.1) is 12.1 Å². The molecular weight excluding hydrogens is 320 g/mol. The molecule has 0 N–H and O–H groups in total. The number of rotatable bonds is 6. The van der Waals surface area contributed by atoms with Crippen molar-refractivity contribution >= 4 is 0 Å². The highest BCUT2D eigenvalue weighted by molar-refractivity contribution is 5.61. The zero-order valence-corrected chi connectivity index (χ0v) is 13.2. The Labute approximate surface area is 143 Å². The van der Waals surface area contributed by atoms with E-state index in [-0.39, 0.29) is 0 Å². The van der Waals surface area contributed by atoms with Crippen molar-refractivity contribution in [2.24, 2.45) is 0 Å². The Morgan fingerprint density at radius 3 is 2.84 bits per heavy atom. The molecule has 3 aromatic heterocycles. The summed E-state index contributed by atoms with van der Waals surface area (Å²) in [5.74, 6) is 2.07. The van der Waals surface area contributed by atoms with Crippen LogP contribution in [0.4, 0.5) is 0 Å².